The molecule has 2 unspecified atom stereocenters. The molecule has 0 spiro atoms. The van der Waals surface area contributed by atoms with Crippen LogP contribution < -0.4 is 0 Å². The summed E-state index contributed by atoms with van der Waals surface area (Å²) < 4.78 is 15.4. The van der Waals surface area contributed by atoms with Gasteiger partial charge in [0.2, 0.25) is 5.90 Å². The molecule has 0 saturated heterocycles. The molecule has 1 aliphatic heterocycles. The zero-order valence-electron chi connectivity index (χ0n) is 19.8. The Kier molecular flexibility index (Phi) is 4.58. The van der Waals surface area contributed by atoms with E-state index < -0.39 is 12.1 Å². The van der Waals surface area contributed by atoms with E-state index in [0.717, 1.165) is 52.9 Å². The number of fused-ring (bicyclic) bond motifs is 10. The fourth-order valence-corrected chi connectivity index (χ4v) is 5.68. The van der Waals surface area contributed by atoms with Crippen molar-refractivity contribution in [3.63, 3.8) is 0 Å². The first-order valence-electron chi connectivity index (χ1n) is 12.4. The van der Waals surface area contributed by atoms with Gasteiger partial charge in [0, 0.05) is 39.5 Å². The molecule has 2 atom stereocenters. The Balaban J connectivity index is 1.49. The number of benzene rings is 3. The molecule has 1 aliphatic carbocycles. The number of aryl methyl sites for hydroxylation is 1. The maximum Gasteiger partial charge on any atom is 0.335 e. The van der Waals surface area contributed by atoms with Crippen molar-refractivity contribution in [3.05, 3.63) is 95.4 Å². The maximum atomic E-state index is 11.3. The molecule has 36 heavy (non-hydrogen) atoms. The van der Waals surface area contributed by atoms with Gasteiger partial charge in [-0.3, -0.25) is 0 Å². The van der Waals surface area contributed by atoms with Crippen molar-refractivity contribution in [3.8, 4) is 11.1 Å². The van der Waals surface area contributed by atoms with E-state index >= 15 is 0 Å². The quantitative estimate of drug-likeness (QED) is 0.293. The number of ether oxygens (including phenoxy) is 1. The number of nitrogens with zero attached hydrogens (tertiary/aromatic N) is 2. The van der Waals surface area contributed by atoms with Crippen LogP contribution in [0.2, 0.25) is 0 Å². The molecular formula is C30H24N2O4. The first-order chi connectivity index (χ1) is 17.7. The number of para-hydroxylation sites is 2. The second-order valence-corrected chi connectivity index (χ2v) is 9.42. The third kappa shape index (κ3) is 2.90. The van der Waals surface area contributed by atoms with Crippen molar-refractivity contribution in [1.29, 1.82) is 0 Å². The van der Waals surface area contributed by atoms with Gasteiger partial charge in [0.25, 0.3) is 0 Å². The average Bonchev–Trinajstić information content (AvgIpc) is 3.59. The highest BCUT2D eigenvalue weighted by atomic mass is 16.5. The van der Waals surface area contributed by atoms with Crippen LogP contribution in [0.3, 0.4) is 0 Å². The predicted molar refractivity (Wildman–Crippen MR) is 139 cm³/mol. The van der Waals surface area contributed by atoms with Gasteiger partial charge in [-0.2, -0.15) is 0 Å². The zero-order chi connectivity index (χ0) is 24.4. The number of aliphatic imine (C=N–C) groups is 1. The number of rotatable bonds is 5. The lowest BCUT2D eigenvalue weighted by Gasteiger charge is -2.25. The highest BCUT2D eigenvalue weighted by molar-refractivity contribution is 6.09. The minimum atomic E-state index is -0.957. The summed E-state index contributed by atoms with van der Waals surface area (Å²) in [5.41, 5.74) is 6.44. The van der Waals surface area contributed by atoms with Crippen LogP contribution in [0.5, 0.6) is 0 Å². The van der Waals surface area contributed by atoms with Gasteiger partial charge in [0.15, 0.2) is 11.9 Å². The molecule has 0 amide bonds. The largest absolute Gasteiger partial charge is 0.478 e. The first-order valence-corrected chi connectivity index (χ1v) is 12.4. The van der Waals surface area contributed by atoms with Crippen molar-refractivity contribution < 1.29 is 19.1 Å². The second-order valence-electron chi connectivity index (χ2n) is 9.42. The lowest BCUT2D eigenvalue weighted by atomic mass is 9.87. The number of unbranched alkanes of at least 4 members (excludes halogenated alkanes) is 1. The number of hydrogen-bond acceptors (Lipinski definition) is 4. The summed E-state index contributed by atoms with van der Waals surface area (Å²) in [7, 11) is 0. The third-order valence-corrected chi connectivity index (χ3v) is 7.32. The number of carboxylic acid groups (broad SMARTS) is 1. The minimum absolute atomic E-state index is 0.233. The molecule has 7 rings (SSSR count). The van der Waals surface area contributed by atoms with Crippen LogP contribution in [0, 0.1) is 0 Å². The minimum Gasteiger partial charge on any atom is -0.478 e. The van der Waals surface area contributed by atoms with Gasteiger partial charge < -0.3 is 18.8 Å². The molecule has 0 radical (unpaired) electrons. The molecule has 0 bridgehead atoms. The smallest absolute Gasteiger partial charge is 0.335 e. The zero-order valence-corrected chi connectivity index (χ0v) is 19.8. The first kappa shape index (κ1) is 21.0. The molecule has 6 nitrogen and oxygen atoms in total. The number of carbonyl (C=O) groups is 1. The summed E-state index contributed by atoms with van der Waals surface area (Å²) in [6.45, 7) is 3.11. The number of furan rings is 1. The Labute approximate surface area is 207 Å². The number of carboxylic acids is 1. The van der Waals surface area contributed by atoms with Crippen LogP contribution in [0.15, 0.2) is 82.2 Å². The van der Waals surface area contributed by atoms with Crippen molar-refractivity contribution in [1.82, 2.24) is 4.57 Å². The molecular weight excluding hydrogens is 452 g/mol. The van der Waals surface area contributed by atoms with Crippen molar-refractivity contribution >= 4 is 33.7 Å². The van der Waals surface area contributed by atoms with Crippen LogP contribution in [0.1, 0.15) is 59.3 Å². The lowest BCUT2D eigenvalue weighted by molar-refractivity contribution is 0.0697. The average molecular weight is 477 g/mol. The van der Waals surface area contributed by atoms with E-state index in [1.807, 2.05) is 18.2 Å². The molecule has 3 aromatic carbocycles. The Bertz CT molecular complexity index is 1690. The Morgan fingerprint density at radius 1 is 0.972 bits per heavy atom. The SMILES string of the molecule is CCCCn1c2c(c3ccccc31)-c1c(oc3ccccc13)C1OC(c3ccc(C(=O)O)cc3)=NC21. The summed E-state index contributed by atoms with van der Waals surface area (Å²) in [6.07, 6.45) is 1.77. The van der Waals surface area contributed by atoms with Crippen LogP contribution in [-0.4, -0.2) is 21.5 Å². The fraction of sp³-hybridized carbons (Fsp3) is 0.200. The number of hydrogen-bond donors (Lipinski definition) is 1. The molecule has 1 N–H and O–H groups in total. The van der Waals surface area contributed by atoms with Gasteiger partial charge in [-0.05, 0) is 42.8 Å². The van der Waals surface area contributed by atoms with Gasteiger partial charge in [-0.15, -0.1) is 0 Å². The second kappa shape index (κ2) is 7.85. The van der Waals surface area contributed by atoms with Crippen molar-refractivity contribution in [2.24, 2.45) is 4.99 Å². The van der Waals surface area contributed by atoms with Crippen molar-refractivity contribution in [2.75, 3.05) is 0 Å². The van der Waals surface area contributed by atoms with Gasteiger partial charge >= 0.3 is 5.97 Å². The summed E-state index contributed by atoms with van der Waals surface area (Å²) in [4.78, 5) is 16.4. The van der Waals surface area contributed by atoms with E-state index in [4.69, 9.17) is 14.1 Å². The summed E-state index contributed by atoms with van der Waals surface area (Å²) in [6, 6.07) is 23.1. The monoisotopic (exact) mass is 476 g/mol. The van der Waals surface area contributed by atoms with Gasteiger partial charge in [-0.1, -0.05) is 49.7 Å². The molecule has 6 heteroatoms. The van der Waals surface area contributed by atoms with Crippen LogP contribution in [-0.2, 0) is 11.3 Å². The number of aromatic carboxylic acids is 1. The Morgan fingerprint density at radius 3 is 2.50 bits per heavy atom. The highest BCUT2D eigenvalue weighted by Crippen LogP contribution is 2.57. The predicted octanol–water partition coefficient (Wildman–Crippen LogP) is 7.13. The summed E-state index contributed by atoms with van der Waals surface area (Å²) in [5.74, 6) is 0.350. The third-order valence-electron chi connectivity index (χ3n) is 7.32. The standard InChI is InChI=1S/C30H24N2O4/c1-2-3-16-32-21-10-6-4-8-19(21)23-24-20-9-5-7-11-22(20)35-27(24)28-25(26(23)32)31-29(36-28)17-12-14-18(15-13-17)30(33)34/h4-15,25,28H,2-3,16H2,1H3,(H,33,34). The maximum absolute atomic E-state index is 11.3. The Morgan fingerprint density at radius 2 is 1.72 bits per heavy atom. The van der Waals surface area contributed by atoms with E-state index in [1.54, 1.807) is 24.3 Å². The highest BCUT2D eigenvalue weighted by Gasteiger charge is 2.46. The molecule has 0 saturated carbocycles. The van der Waals surface area contributed by atoms with Gasteiger partial charge in [0.1, 0.15) is 11.6 Å². The number of aromatic nitrogens is 1. The Hall–Kier alpha value is -4.32. The van der Waals surface area contributed by atoms with Crippen molar-refractivity contribution in [2.45, 2.75) is 38.5 Å². The van der Waals surface area contributed by atoms with E-state index in [2.05, 4.69) is 41.8 Å². The van der Waals surface area contributed by atoms with Crippen LogP contribution >= 0.6 is 0 Å². The normalized spacial score (nSPS) is 18.0. The van der Waals surface area contributed by atoms with E-state index in [0.29, 0.717) is 5.90 Å². The fourth-order valence-electron chi connectivity index (χ4n) is 5.68. The van der Waals surface area contributed by atoms with E-state index in [-0.39, 0.29) is 11.6 Å². The molecule has 0 fully saturated rings. The van der Waals surface area contributed by atoms with Crippen LogP contribution in [0.25, 0.3) is 33.0 Å². The van der Waals surface area contributed by atoms with Gasteiger partial charge in [-0.25, -0.2) is 9.79 Å². The topological polar surface area (TPSA) is 77.0 Å². The summed E-state index contributed by atoms with van der Waals surface area (Å²) >= 11 is 0. The molecule has 3 heterocycles. The lowest BCUT2D eigenvalue weighted by Crippen LogP contribution is -2.17. The van der Waals surface area contributed by atoms with E-state index in [1.165, 1.54) is 16.5 Å². The molecule has 2 aliphatic rings. The van der Waals surface area contributed by atoms with Crippen LogP contribution in [0.4, 0.5) is 0 Å². The van der Waals surface area contributed by atoms with E-state index in [9.17, 15) is 9.90 Å². The molecule has 2 aromatic heterocycles. The van der Waals surface area contributed by atoms with Gasteiger partial charge in [0.05, 0.1) is 11.3 Å². The molecule has 178 valence electrons. The molecule has 5 aromatic rings. The summed E-state index contributed by atoms with van der Waals surface area (Å²) in [5, 5.41) is 11.6.